The number of amides is 1. The molecule has 0 radical (unpaired) electrons. The fraction of sp³-hybridized carbons (Fsp3) is 0.600. The first-order valence-electron chi connectivity index (χ1n) is 2.89. The van der Waals surface area contributed by atoms with E-state index in [9.17, 15) is 9.59 Å². The average molecular weight is 144 g/mol. The van der Waals surface area contributed by atoms with Gasteiger partial charge < -0.3 is 16.2 Å². The second kappa shape index (κ2) is 2.26. The highest BCUT2D eigenvalue weighted by atomic mass is 16.4. The van der Waals surface area contributed by atoms with Crippen molar-refractivity contribution in [2.24, 2.45) is 11.7 Å². The number of carboxylic acids is 1. The molecule has 5 nitrogen and oxygen atoms in total. The van der Waals surface area contributed by atoms with E-state index in [2.05, 4.69) is 5.32 Å². The topological polar surface area (TPSA) is 92.4 Å². The molecule has 10 heavy (non-hydrogen) atoms. The molecule has 0 aromatic carbocycles. The molecule has 0 aromatic heterocycles. The number of aliphatic carboxylic acids is 1. The molecular weight excluding hydrogens is 136 g/mol. The number of hydrogen-bond donors (Lipinski definition) is 3. The summed E-state index contributed by atoms with van der Waals surface area (Å²) in [4.78, 5) is 20.9. The van der Waals surface area contributed by atoms with Crippen molar-refractivity contribution in [2.75, 3.05) is 6.54 Å². The van der Waals surface area contributed by atoms with Crippen molar-refractivity contribution in [3.05, 3.63) is 0 Å². The quantitative estimate of drug-likeness (QED) is 0.402. The van der Waals surface area contributed by atoms with Gasteiger partial charge in [-0.25, -0.2) is 0 Å². The maximum atomic E-state index is 10.6. The molecule has 1 fully saturated rings. The lowest BCUT2D eigenvalue weighted by Gasteiger charge is -2.04. The fourth-order valence-electron chi connectivity index (χ4n) is 0.879. The molecule has 5 heteroatoms. The van der Waals surface area contributed by atoms with Gasteiger partial charge in [0.1, 0.15) is 0 Å². The lowest BCUT2D eigenvalue weighted by molar-refractivity contribution is -0.142. The van der Waals surface area contributed by atoms with E-state index in [-0.39, 0.29) is 12.5 Å². The van der Waals surface area contributed by atoms with Crippen molar-refractivity contribution in [3.63, 3.8) is 0 Å². The van der Waals surface area contributed by atoms with Gasteiger partial charge in [-0.3, -0.25) is 9.59 Å². The third-order valence-corrected chi connectivity index (χ3v) is 1.55. The summed E-state index contributed by atoms with van der Waals surface area (Å²) in [5, 5.41) is 10.8. The predicted octanol–water partition coefficient (Wildman–Crippen LogP) is -1.86. The maximum absolute atomic E-state index is 10.6. The van der Waals surface area contributed by atoms with E-state index in [0.29, 0.717) is 0 Å². The molecule has 56 valence electrons. The van der Waals surface area contributed by atoms with E-state index in [1.54, 1.807) is 0 Å². The van der Waals surface area contributed by atoms with Crippen molar-refractivity contribution in [1.82, 2.24) is 5.32 Å². The van der Waals surface area contributed by atoms with Gasteiger partial charge in [0.15, 0.2) is 0 Å². The number of carboxylic acid groups (broad SMARTS) is 1. The van der Waals surface area contributed by atoms with Crippen LogP contribution in [0.2, 0.25) is 0 Å². The van der Waals surface area contributed by atoms with Crippen molar-refractivity contribution >= 4 is 11.9 Å². The van der Waals surface area contributed by atoms with Crippen molar-refractivity contribution in [1.29, 1.82) is 0 Å². The van der Waals surface area contributed by atoms with Gasteiger partial charge in [0.25, 0.3) is 0 Å². The zero-order valence-electron chi connectivity index (χ0n) is 5.20. The van der Waals surface area contributed by atoms with Crippen LogP contribution in [0.25, 0.3) is 0 Å². The first-order valence-corrected chi connectivity index (χ1v) is 2.89. The summed E-state index contributed by atoms with van der Waals surface area (Å²) in [7, 11) is 0. The zero-order chi connectivity index (χ0) is 7.72. The lowest BCUT2D eigenvalue weighted by Crippen LogP contribution is -2.37. The zero-order valence-corrected chi connectivity index (χ0v) is 5.20. The maximum Gasteiger partial charge on any atom is 0.310 e. The van der Waals surface area contributed by atoms with Crippen LogP contribution >= 0.6 is 0 Å². The molecule has 1 aliphatic heterocycles. The second-order valence-electron chi connectivity index (χ2n) is 2.22. The van der Waals surface area contributed by atoms with Gasteiger partial charge in [-0.2, -0.15) is 0 Å². The Morgan fingerprint density at radius 1 is 1.80 bits per heavy atom. The van der Waals surface area contributed by atoms with Gasteiger partial charge in [0.2, 0.25) is 5.91 Å². The van der Waals surface area contributed by atoms with Crippen LogP contribution in [0.4, 0.5) is 0 Å². The predicted molar refractivity (Wildman–Crippen MR) is 32.1 cm³/mol. The van der Waals surface area contributed by atoms with E-state index in [1.807, 2.05) is 0 Å². The number of carbonyl (C=O) groups excluding carboxylic acids is 1. The Balaban J connectivity index is 2.66. The first-order chi connectivity index (χ1) is 4.63. The molecule has 0 spiro atoms. The van der Waals surface area contributed by atoms with E-state index in [4.69, 9.17) is 10.8 Å². The number of rotatable bonds is 1. The minimum atomic E-state index is -1.02. The van der Waals surface area contributed by atoms with Gasteiger partial charge in [-0.15, -0.1) is 0 Å². The van der Waals surface area contributed by atoms with E-state index in [0.717, 1.165) is 0 Å². The molecule has 1 aliphatic rings. The molecule has 1 heterocycles. The standard InChI is InChI=1S/C5H8N2O3/c6-3-2(5(9)10)1-7-4(3)8/h2-3H,1,6H2,(H,7,8)(H,9,10)/t2-,3-/m1/s1. The highest BCUT2D eigenvalue weighted by molar-refractivity contribution is 5.90. The molecular formula is C5H8N2O3. The molecule has 1 amide bonds. The summed E-state index contributed by atoms with van der Waals surface area (Å²) in [6, 6.07) is -0.877. The Bertz CT molecular complexity index is 180. The Hall–Kier alpha value is -1.10. The summed E-state index contributed by atoms with van der Waals surface area (Å²) in [5.74, 6) is -2.16. The smallest absolute Gasteiger partial charge is 0.310 e. The van der Waals surface area contributed by atoms with Crippen LogP contribution in [0.3, 0.4) is 0 Å². The molecule has 2 atom stereocenters. The van der Waals surface area contributed by atoms with Gasteiger partial charge in [0.05, 0.1) is 12.0 Å². The Morgan fingerprint density at radius 3 is 2.60 bits per heavy atom. The lowest BCUT2D eigenvalue weighted by atomic mass is 10.1. The Morgan fingerprint density at radius 2 is 2.40 bits per heavy atom. The summed E-state index contributed by atoms with van der Waals surface area (Å²) >= 11 is 0. The molecule has 1 rings (SSSR count). The molecule has 0 unspecified atom stereocenters. The van der Waals surface area contributed by atoms with Gasteiger partial charge in [0, 0.05) is 6.54 Å². The summed E-state index contributed by atoms with van der Waals surface area (Å²) < 4.78 is 0. The van der Waals surface area contributed by atoms with E-state index < -0.39 is 17.9 Å². The number of carbonyl (C=O) groups is 2. The summed E-state index contributed by atoms with van der Waals surface area (Å²) in [5.41, 5.74) is 5.23. The molecule has 4 N–H and O–H groups in total. The highest BCUT2D eigenvalue weighted by Gasteiger charge is 2.36. The molecule has 0 aliphatic carbocycles. The Kier molecular flexibility index (Phi) is 1.58. The van der Waals surface area contributed by atoms with Crippen molar-refractivity contribution < 1.29 is 14.7 Å². The summed E-state index contributed by atoms with van der Waals surface area (Å²) in [6.07, 6.45) is 0. The second-order valence-corrected chi connectivity index (χ2v) is 2.22. The Labute approximate surface area is 57.2 Å². The van der Waals surface area contributed by atoms with E-state index in [1.165, 1.54) is 0 Å². The fourth-order valence-corrected chi connectivity index (χ4v) is 0.879. The van der Waals surface area contributed by atoms with Gasteiger partial charge in [-0.1, -0.05) is 0 Å². The highest BCUT2D eigenvalue weighted by Crippen LogP contribution is 2.06. The van der Waals surface area contributed by atoms with Crippen LogP contribution in [0.15, 0.2) is 0 Å². The van der Waals surface area contributed by atoms with Crippen LogP contribution < -0.4 is 11.1 Å². The van der Waals surface area contributed by atoms with Crippen LogP contribution in [-0.2, 0) is 9.59 Å². The van der Waals surface area contributed by atoms with Gasteiger partial charge in [-0.05, 0) is 0 Å². The first kappa shape index (κ1) is 7.01. The number of nitrogens with one attached hydrogen (secondary N) is 1. The summed E-state index contributed by atoms with van der Waals surface area (Å²) in [6.45, 7) is 0.148. The third kappa shape index (κ3) is 0.950. The van der Waals surface area contributed by atoms with Crippen molar-refractivity contribution in [2.45, 2.75) is 6.04 Å². The van der Waals surface area contributed by atoms with Gasteiger partial charge >= 0.3 is 5.97 Å². The molecule has 0 aromatic rings. The van der Waals surface area contributed by atoms with Crippen LogP contribution in [0.5, 0.6) is 0 Å². The molecule has 1 saturated heterocycles. The van der Waals surface area contributed by atoms with Crippen molar-refractivity contribution in [3.8, 4) is 0 Å². The monoisotopic (exact) mass is 144 g/mol. The molecule has 0 bridgehead atoms. The largest absolute Gasteiger partial charge is 0.481 e. The van der Waals surface area contributed by atoms with Crippen LogP contribution in [0, 0.1) is 5.92 Å². The van der Waals surface area contributed by atoms with Crippen LogP contribution in [-0.4, -0.2) is 29.6 Å². The average Bonchev–Trinajstić information content (AvgIpc) is 2.14. The van der Waals surface area contributed by atoms with E-state index >= 15 is 0 Å². The number of hydrogen-bond acceptors (Lipinski definition) is 3. The third-order valence-electron chi connectivity index (χ3n) is 1.55. The SMILES string of the molecule is N[C@H]1C(=O)NC[C@H]1C(=O)O. The molecule has 0 saturated carbocycles. The number of nitrogens with two attached hydrogens (primary N) is 1. The van der Waals surface area contributed by atoms with Crippen LogP contribution in [0.1, 0.15) is 0 Å². The minimum absolute atomic E-state index is 0.148. The minimum Gasteiger partial charge on any atom is -0.481 e. The normalized spacial score (nSPS) is 31.9.